The van der Waals surface area contributed by atoms with Crippen LogP contribution in [0.4, 0.5) is 11.4 Å². The molecule has 0 atom stereocenters. The minimum absolute atomic E-state index is 0.103. The fourth-order valence-corrected chi connectivity index (χ4v) is 2.51. The topological polar surface area (TPSA) is 120 Å². The number of nitro groups is 1. The molecule has 0 saturated carbocycles. The van der Waals surface area contributed by atoms with Crippen LogP contribution in [0.5, 0.6) is 11.5 Å². The Labute approximate surface area is 168 Å². The van der Waals surface area contributed by atoms with Crippen molar-refractivity contribution in [1.29, 1.82) is 0 Å². The summed E-state index contributed by atoms with van der Waals surface area (Å²) >= 11 is 0. The molecule has 2 aromatic carbocycles. The number of hydrogen-bond acceptors (Lipinski definition) is 6. The lowest BCUT2D eigenvalue weighted by molar-refractivity contribution is -0.384. The predicted molar refractivity (Wildman–Crippen MR) is 107 cm³/mol. The average Bonchev–Trinajstić information content (AvgIpc) is 2.70. The van der Waals surface area contributed by atoms with Crippen molar-refractivity contribution < 1.29 is 24.0 Å². The molecule has 0 heterocycles. The Morgan fingerprint density at radius 3 is 2.24 bits per heavy atom. The molecule has 0 radical (unpaired) electrons. The summed E-state index contributed by atoms with van der Waals surface area (Å²) in [6, 6.07) is 10.7. The zero-order valence-electron chi connectivity index (χ0n) is 16.3. The minimum atomic E-state index is -0.847. The molecule has 0 fully saturated rings. The summed E-state index contributed by atoms with van der Waals surface area (Å²) in [6.45, 7) is 5.06. The summed E-state index contributed by atoms with van der Waals surface area (Å²) < 4.78 is 11.1. The maximum Gasteiger partial charge on any atom is 0.313 e. The molecule has 29 heavy (non-hydrogen) atoms. The minimum Gasteiger partial charge on any atom is -0.490 e. The summed E-state index contributed by atoms with van der Waals surface area (Å²) in [4.78, 5) is 34.0. The molecule has 2 aromatic rings. The summed E-state index contributed by atoms with van der Waals surface area (Å²) in [5, 5.41) is 15.6. The highest BCUT2D eigenvalue weighted by atomic mass is 16.6. The van der Waals surface area contributed by atoms with E-state index in [0.29, 0.717) is 36.8 Å². The van der Waals surface area contributed by atoms with Gasteiger partial charge in [0.05, 0.1) is 18.1 Å². The van der Waals surface area contributed by atoms with Gasteiger partial charge < -0.3 is 20.1 Å². The first-order valence-electron chi connectivity index (χ1n) is 9.16. The number of amides is 2. The van der Waals surface area contributed by atoms with Gasteiger partial charge >= 0.3 is 11.8 Å². The Kier molecular flexibility index (Phi) is 7.96. The van der Waals surface area contributed by atoms with Gasteiger partial charge in [0.15, 0.2) is 11.5 Å². The summed E-state index contributed by atoms with van der Waals surface area (Å²) in [6.07, 6.45) is 0.503. The first-order chi connectivity index (χ1) is 13.9. The van der Waals surface area contributed by atoms with Crippen LogP contribution in [0.3, 0.4) is 0 Å². The van der Waals surface area contributed by atoms with Crippen molar-refractivity contribution >= 4 is 23.2 Å². The fourth-order valence-electron chi connectivity index (χ4n) is 2.51. The molecule has 0 saturated heterocycles. The van der Waals surface area contributed by atoms with Gasteiger partial charge in [0, 0.05) is 24.4 Å². The van der Waals surface area contributed by atoms with Crippen molar-refractivity contribution in [3.05, 3.63) is 58.1 Å². The van der Waals surface area contributed by atoms with Crippen molar-refractivity contribution in [3.63, 3.8) is 0 Å². The van der Waals surface area contributed by atoms with Crippen LogP contribution in [-0.4, -0.2) is 36.5 Å². The number of nitrogens with zero attached hydrogens (tertiary/aromatic N) is 1. The Balaban J connectivity index is 1.86. The van der Waals surface area contributed by atoms with Crippen molar-refractivity contribution in [3.8, 4) is 11.5 Å². The molecule has 0 spiro atoms. The number of anilines is 1. The van der Waals surface area contributed by atoms with E-state index >= 15 is 0 Å². The van der Waals surface area contributed by atoms with Crippen LogP contribution in [0.2, 0.25) is 0 Å². The van der Waals surface area contributed by atoms with Crippen LogP contribution in [0, 0.1) is 10.1 Å². The maximum absolute atomic E-state index is 11.9. The van der Waals surface area contributed by atoms with Gasteiger partial charge in [-0.3, -0.25) is 19.7 Å². The number of non-ortho nitro benzene ring substituents is 1. The zero-order valence-corrected chi connectivity index (χ0v) is 16.3. The molecule has 0 unspecified atom stereocenters. The third-order valence-corrected chi connectivity index (χ3v) is 3.85. The van der Waals surface area contributed by atoms with E-state index in [2.05, 4.69) is 10.6 Å². The fraction of sp³-hybridized carbons (Fsp3) is 0.300. The average molecular weight is 401 g/mol. The number of nitro benzene ring substituents is 1. The van der Waals surface area contributed by atoms with Gasteiger partial charge in [-0.1, -0.05) is 6.07 Å². The third kappa shape index (κ3) is 6.49. The van der Waals surface area contributed by atoms with Gasteiger partial charge in [-0.15, -0.1) is 0 Å². The number of benzene rings is 2. The highest BCUT2D eigenvalue weighted by Crippen LogP contribution is 2.28. The first-order valence-corrected chi connectivity index (χ1v) is 9.16. The van der Waals surface area contributed by atoms with Gasteiger partial charge in [-0.2, -0.15) is 0 Å². The van der Waals surface area contributed by atoms with E-state index in [9.17, 15) is 19.7 Å². The van der Waals surface area contributed by atoms with E-state index in [-0.39, 0.29) is 12.2 Å². The van der Waals surface area contributed by atoms with Gasteiger partial charge in [0.25, 0.3) is 5.69 Å². The molecule has 0 aliphatic carbocycles. The largest absolute Gasteiger partial charge is 0.490 e. The second-order valence-corrected chi connectivity index (χ2v) is 5.91. The van der Waals surface area contributed by atoms with Crippen LogP contribution < -0.4 is 20.1 Å². The lowest BCUT2D eigenvalue weighted by Crippen LogP contribution is -2.36. The molecular formula is C20H23N3O6. The highest BCUT2D eigenvalue weighted by molar-refractivity contribution is 6.39. The first kappa shape index (κ1) is 21.7. The molecule has 9 heteroatoms. The molecule has 154 valence electrons. The van der Waals surface area contributed by atoms with E-state index in [1.54, 1.807) is 0 Å². The number of carbonyl (C=O) groups excluding carboxylic acids is 2. The standard InChI is InChI=1S/C20H23N3O6/c1-3-28-17-10-5-14(13-18(17)29-4-2)11-12-21-19(24)20(25)22-15-6-8-16(9-7-15)23(26)27/h5-10,13H,3-4,11-12H2,1-2H3,(H,21,24)(H,22,25). The molecule has 0 aliphatic rings. The number of carbonyl (C=O) groups is 2. The number of ether oxygens (including phenoxy) is 2. The SMILES string of the molecule is CCOc1ccc(CCNC(=O)C(=O)Nc2ccc([N+](=O)[O-])cc2)cc1OCC. The van der Waals surface area contributed by atoms with E-state index in [4.69, 9.17) is 9.47 Å². The number of hydrogen-bond donors (Lipinski definition) is 2. The van der Waals surface area contributed by atoms with Crippen LogP contribution in [0.15, 0.2) is 42.5 Å². The van der Waals surface area contributed by atoms with E-state index in [1.165, 1.54) is 24.3 Å². The summed E-state index contributed by atoms with van der Waals surface area (Å²) in [7, 11) is 0. The smallest absolute Gasteiger partial charge is 0.313 e. The van der Waals surface area contributed by atoms with Crippen molar-refractivity contribution in [2.75, 3.05) is 25.1 Å². The lowest BCUT2D eigenvalue weighted by atomic mass is 10.1. The van der Waals surface area contributed by atoms with E-state index < -0.39 is 16.7 Å². The van der Waals surface area contributed by atoms with Crippen LogP contribution in [0.1, 0.15) is 19.4 Å². The quantitative estimate of drug-likeness (QED) is 0.379. The Bertz CT molecular complexity index is 867. The maximum atomic E-state index is 11.9. The number of nitrogens with one attached hydrogen (secondary N) is 2. The molecule has 0 aromatic heterocycles. The summed E-state index contributed by atoms with van der Waals surface area (Å²) in [5.41, 5.74) is 1.12. The zero-order chi connectivity index (χ0) is 21.2. The van der Waals surface area contributed by atoms with Crippen molar-refractivity contribution in [2.45, 2.75) is 20.3 Å². The Morgan fingerprint density at radius 2 is 1.62 bits per heavy atom. The lowest BCUT2D eigenvalue weighted by Gasteiger charge is -2.12. The van der Waals surface area contributed by atoms with Gasteiger partial charge in [0.1, 0.15) is 0 Å². The normalized spacial score (nSPS) is 10.1. The van der Waals surface area contributed by atoms with Gasteiger partial charge in [-0.05, 0) is 50.1 Å². The van der Waals surface area contributed by atoms with Gasteiger partial charge in [0.2, 0.25) is 0 Å². The molecule has 2 N–H and O–H groups in total. The van der Waals surface area contributed by atoms with E-state index in [0.717, 1.165) is 5.56 Å². The second-order valence-electron chi connectivity index (χ2n) is 5.91. The van der Waals surface area contributed by atoms with Crippen LogP contribution in [-0.2, 0) is 16.0 Å². The molecule has 2 amide bonds. The van der Waals surface area contributed by atoms with Crippen molar-refractivity contribution in [2.24, 2.45) is 0 Å². The van der Waals surface area contributed by atoms with Crippen LogP contribution >= 0.6 is 0 Å². The Morgan fingerprint density at radius 1 is 0.966 bits per heavy atom. The van der Waals surface area contributed by atoms with E-state index in [1.807, 2.05) is 32.0 Å². The molecule has 0 bridgehead atoms. The molecule has 0 aliphatic heterocycles. The number of rotatable bonds is 9. The van der Waals surface area contributed by atoms with Crippen molar-refractivity contribution in [1.82, 2.24) is 5.32 Å². The molecular weight excluding hydrogens is 378 g/mol. The second kappa shape index (κ2) is 10.6. The predicted octanol–water partition coefficient (Wildman–Crippen LogP) is 2.69. The molecule has 2 rings (SSSR count). The Hall–Kier alpha value is -3.62. The summed E-state index contributed by atoms with van der Waals surface area (Å²) in [5.74, 6) is -0.349. The molecule has 9 nitrogen and oxygen atoms in total. The third-order valence-electron chi connectivity index (χ3n) is 3.85. The highest BCUT2D eigenvalue weighted by Gasteiger charge is 2.14. The van der Waals surface area contributed by atoms with Gasteiger partial charge in [-0.25, -0.2) is 0 Å². The monoisotopic (exact) mass is 401 g/mol. The van der Waals surface area contributed by atoms with Crippen LogP contribution in [0.25, 0.3) is 0 Å².